The highest BCUT2D eigenvalue weighted by atomic mass is 16.5. The smallest absolute Gasteiger partial charge is 0.305 e. The van der Waals surface area contributed by atoms with Gasteiger partial charge >= 0.3 is 11.9 Å². The van der Waals surface area contributed by atoms with Crippen LogP contribution in [-0.2, 0) is 19.1 Å². The molecule has 0 aliphatic rings. The maximum Gasteiger partial charge on any atom is 0.305 e. The average molecular weight is 575 g/mol. The highest BCUT2D eigenvalue weighted by Gasteiger charge is 2.03. The first-order valence-electron chi connectivity index (χ1n) is 14.3. The lowest BCUT2D eigenvalue weighted by Gasteiger charge is -2.06. The number of hydrogen-bond acceptors (Lipinski definition) is 10. The van der Waals surface area contributed by atoms with Crippen LogP contribution in [0.2, 0.25) is 0 Å². The Bertz CT molecular complexity index is 1180. The van der Waals surface area contributed by atoms with Gasteiger partial charge in [-0.1, -0.05) is 0 Å². The first kappa shape index (κ1) is 31.9. The van der Waals surface area contributed by atoms with Crippen molar-refractivity contribution in [1.29, 1.82) is 0 Å². The van der Waals surface area contributed by atoms with Crippen molar-refractivity contribution >= 4 is 34.7 Å². The van der Waals surface area contributed by atoms with Gasteiger partial charge in [0.15, 0.2) is 0 Å². The van der Waals surface area contributed by atoms with Gasteiger partial charge in [-0.3, -0.25) is 9.59 Å². The lowest BCUT2D eigenvalue weighted by molar-refractivity contribution is -0.144. The topological polar surface area (TPSA) is 121 Å². The fraction of sp³-hybridized carbons (Fsp3) is 0.375. The fourth-order valence-corrected chi connectivity index (χ4v) is 3.62. The summed E-state index contributed by atoms with van der Waals surface area (Å²) in [5, 5.41) is 17.1. The predicted molar refractivity (Wildman–Crippen MR) is 160 cm³/mol. The molecule has 0 aliphatic heterocycles. The summed E-state index contributed by atoms with van der Waals surface area (Å²) < 4.78 is 21.3. The lowest BCUT2D eigenvalue weighted by Crippen LogP contribution is -2.05. The van der Waals surface area contributed by atoms with Crippen LogP contribution in [0.15, 0.2) is 93.3 Å². The van der Waals surface area contributed by atoms with Gasteiger partial charge in [0.05, 0.1) is 49.2 Å². The second kappa shape index (κ2) is 18.7. The molecule has 0 amide bonds. The number of ether oxygens (including phenoxy) is 4. The quantitative estimate of drug-likeness (QED) is 0.0851. The lowest BCUT2D eigenvalue weighted by atomic mass is 10.2. The minimum Gasteiger partial charge on any atom is -0.494 e. The number of carbonyl (C=O) groups is 2. The van der Waals surface area contributed by atoms with Crippen molar-refractivity contribution in [2.45, 2.75) is 52.4 Å². The van der Waals surface area contributed by atoms with Gasteiger partial charge in [0.25, 0.3) is 0 Å². The number of esters is 2. The van der Waals surface area contributed by atoms with Crippen LogP contribution in [0, 0.1) is 0 Å². The Morgan fingerprint density at radius 2 is 0.810 bits per heavy atom. The second-order valence-electron chi connectivity index (χ2n) is 9.13. The van der Waals surface area contributed by atoms with E-state index in [1.54, 1.807) is 13.8 Å². The Morgan fingerprint density at radius 1 is 0.500 bits per heavy atom. The molecular weight excluding hydrogens is 536 g/mol. The van der Waals surface area contributed by atoms with E-state index in [4.69, 9.17) is 18.9 Å². The van der Waals surface area contributed by atoms with E-state index in [0.717, 1.165) is 37.2 Å². The Balaban J connectivity index is 1.37. The largest absolute Gasteiger partial charge is 0.494 e. The summed E-state index contributed by atoms with van der Waals surface area (Å²) in [6.45, 7) is 5.49. The third-order valence-corrected chi connectivity index (χ3v) is 5.78. The van der Waals surface area contributed by atoms with Gasteiger partial charge in [-0.2, -0.15) is 20.5 Å². The first-order chi connectivity index (χ1) is 20.6. The van der Waals surface area contributed by atoms with Crippen molar-refractivity contribution in [1.82, 2.24) is 0 Å². The molecule has 0 spiro atoms. The zero-order valence-electron chi connectivity index (χ0n) is 24.2. The van der Waals surface area contributed by atoms with Gasteiger partial charge in [0, 0.05) is 12.8 Å². The van der Waals surface area contributed by atoms with Crippen molar-refractivity contribution < 1.29 is 28.5 Å². The molecule has 0 bridgehead atoms. The van der Waals surface area contributed by atoms with Gasteiger partial charge in [-0.25, -0.2) is 0 Å². The molecule has 0 fully saturated rings. The Morgan fingerprint density at radius 3 is 1.12 bits per heavy atom. The zero-order valence-corrected chi connectivity index (χ0v) is 24.2. The van der Waals surface area contributed by atoms with Crippen LogP contribution < -0.4 is 9.47 Å². The monoisotopic (exact) mass is 574 g/mol. The first-order valence-corrected chi connectivity index (χ1v) is 14.3. The van der Waals surface area contributed by atoms with Crippen LogP contribution in [0.5, 0.6) is 11.5 Å². The number of hydrogen-bond donors (Lipinski definition) is 0. The molecule has 0 radical (unpaired) electrons. The number of benzene rings is 3. The van der Waals surface area contributed by atoms with Crippen LogP contribution in [0.3, 0.4) is 0 Å². The number of carbonyl (C=O) groups excluding carboxylic acids is 2. The molecule has 0 aliphatic carbocycles. The molecule has 0 atom stereocenters. The molecule has 10 heteroatoms. The molecular formula is C32H38N4O6. The van der Waals surface area contributed by atoms with E-state index in [2.05, 4.69) is 20.5 Å². The average Bonchev–Trinajstić information content (AvgIpc) is 3.00. The van der Waals surface area contributed by atoms with Crippen molar-refractivity contribution in [3.8, 4) is 11.5 Å². The van der Waals surface area contributed by atoms with Crippen LogP contribution >= 0.6 is 0 Å². The predicted octanol–water partition coefficient (Wildman–Crippen LogP) is 8.74. The number of azo groups is 2. The third-order valence-electron chi connectivity index (χ3n) is 5.78. The van der Waals surface area contributed by atoms with Gasteiger partial charge in [0.1, 0.15) is 11.5 Å². The van der Waals surface area contributed by atoms with Crippen molar-refractivity contribution in [3.63, 3.8) is 0 Å². The molecule has 3 aromatic carbocycles. The van der Waals surface area contributed by atoms with E-state index < -0.39 is 0 Å². The van der Waals surface area contributed by atoms with Gasteiger partial charge < -0.3 is 18.9 Å². The van der Waals surface area contributed by atoms with Crippen molar-refractivity contribution in [3.05, 3.63) is 72.8 Å². The molecule has 3 aromatic rings. The summed E-state index contributed by atoms with van der Waals surface area (Å²) in [7, 11) is 0. The Hall–Kier alpha value is -4.60. The van der Waals surface area contributed by atoms with Crippen LogP contribution in [0.25, 0.3) is 0 Å². The Kier molecular flexibility index (Phi) is 14.2. The van der Waals surface area contributed by atoms with Gasteiger partial charge in [-0.15, -0.1) is 0 Å². The molecule has 0 N–H and O–H groups in total. The summed E-state index contributed by atoms with van der Waals surface area (Å²) in [5.41, 5.74) is 2.80. The summed E-state index contributed by atoms with van der Waals surface area (Å²) >= 11 is 0. The zero-order chi connectivity index (χ0) is 29.8. The van der Waals surface area contributed by atoms with Crippen molar-refractivity contribution in [2.24, 2.45) is 20.5 Å². The molecule has 0 aromatic heterocycles. The number of nitrogens with zero attached hydrogens (tertiary/aromatic N) is 4. The normalized spacial score (nSPS) is 11.1. The minimum atomic E-state index is -0.169. The molecule has 10 nitrogen and oxygen atoms in total. The highest BCUT2D eigenvalue weighted by Crippen LogP contribution is 2.25. The summed E-state index contributed by atoms with van der Waals surface area (Å²) in [6.07, 6.45) is 3.84. The summed E-state index contributed by atoms with van der Waals surface area (Å²) in [4.78, 5) is 22.7. The third kappa shape index (κ3) is 12.7. The SMILES string of the molecule is CCOC(=O)CCCCOc1ccc(N=Nc2ccc(N=Nc3ccc(OCCCCC(=O)OCC)cc3)cc2)cc1. The van der Waals surface area contributed by atoms with E-state index in [1.165, 1.54) is 0 Å². The molecule has 0 saturated carbocycles. The standard InChI is InChI=1S/C32H38N4O6/c1-3-39-31(37)9-5-7-23-41-29-19-15-27(16-20-29)35-33-25-11-13-26(14-12-25)34-36-28-17-21-30(22-18-28)42-24-8-6-10-32(38)40-4-2/h11-22H,3-10,23-24H2,1-2H3. The second-order valence-corrected chi connectivity index (χ2v) is 9.13. The van der Waals surface area contributed by atoms with Gasteiger partial charge in [-0.05, 0) is 112 Å². The highest BCUT2D eigenvalue weighted by molar-refractivity contribution is 5.69. The van der Waals surface area contributed by atoms with E-state index in [0.29, 0.717) is 62.0 Å². The van der Waals surface area contributed by atoms with E-state index in [1.807, 2.05) is 72.8 Å². The van der Waals surface area contributed by atoms with E-state index >= 15 is 0 Å². The molecule has 0 unspecified atom stereocenters. The van der Waals surface area contributed by atoms with Crippen LogP contribution in [-0.4, -0.2) is 38.4 Å². The van der Waals surface area contributed by atoms with E-state index in [-0.39, 0.29) is 11.9 Å². The maximum absolute atomic E-state index is 11.3. The van der Waals surface area contributed by atoms with Gasteiger partial charge in [0.2, 0.25) is 0 Å². The summed E-state index contributed by atoms with van der Waals surface area (Å²) in [6, 6.07) is 22.0. The molecule has 3 rings (SSSR count). The summed E-state index contributed by atoms with van der Waals surface area (Å²) in [5.74, 6) is 1.14. The Labute approximate surface area is 246 Å². The fourth-order valence-electron chi connectivity index (χ4n) is 3.62. The molecule has 42 heavy (non-hydrogen) atoms. The number of rotatable bonds is 18. The molecule has 0 heterocycles. The van der Waals surface area contributed by atoms with Crippen LogP contribution in [0.1, 0.15) is 52.4 Å². The van der Waals surface area contributed by atoms with Crippen molar-refractivity contribution in [2.75, 3.05) is 26.4 Å². The maximum atomic E-state index is 11.3. The number of unbranched alkanes of at least 4 members (excludes halogenated alkanes) is 2. The minimum absolute atomic E-state index is 0.169. The molecule has 0 saturated heterocycles. The molecule has 222 valence electrons. The van der Waals surface area contributed by atoms with E-state index in [9.17, 15) is 9.59 Å². The van der Waals surface area contributed by atoms with Crippen LogP contribution in [0.4, 0.5) is 22.7 Å².